The first-order valence-electron chi connectivity index (χ1n) is 10.9. The lowest BCUT2D eigenvalue weighted by Gasteiger charge is -2.25. The highest BCUT2D eigenvalue weighted by Gasteiger charge is 2.29. The molecule has 1 N–H and O–H groups in total. The average molecular weight is 589 g/mol. The molecule has 0 aliphatic heterocycles. The van der Waals surface area contributed by atoms with Crippen LogP contribution in [-0.2, 0) is 14.8 Å². The highest BCUT2D eigenvalue weighted by Crippen LogP contribution is 2.35. The second kappa shape index (κ2) is 11.5. The highest BCUT2D eigenvalue weighted by atomic mass is 127. The molecule has 33 heavy (non-hydrogen) atoms. The molecule has 2 aromatic carbocycles. The van der Waals surface area contributed by atoms with E-state index in [1.54, 1.807) is 25.1 Å². The summed E-state index contributed by atoms with van der Waals surface area (Å²) in [5.74, 6) is -0.420. The molecule has 0 aliphatic rings. The molecular weight excluding hydrogens is 555 g/mol. The van der Waals surface area contributed by atoms with E-state index < -0.39 is 15.9 Å². The third-order valence-corrected chi connectivity index (χ3v) is 8.36. The molecule has 0 heterocycles. The lowest BCUT2D eigenvalue weighted by molar-refractivity contribution is -0.123. The summed E-state index contributed by atoms with van der Waals surface area (Å²) < 4.78 is 35.3. The van der Waals surface area contributed by atoms with Gasteiger partial charge in [-0.1, -0.05) is 39.8 Å². The van der Waals surface area contributed by atoms with E-state index in [1.807, 2.05) is 54.9 Å². The van der Waals surface area contributed by atoms with E-state index in [9.17, 15) is 18.3 Å². The third-order valence-electron chi connectivity index (χ3n) is 5.50. The first kappa shape index (κ1) is 27.4. The van der Waals surface area contributed by atoms with Gasteiger partial charge in [-0.05, 0) is 48.6 Å². The molecule has 0 unspecified atom stereocenters. The zero-order valence-electron chi connectivity index (χ0n) is 19.9. The zero-order chi connectivity index (χ0) is 24.9. The molecule has 1 amide bonds. The van der Waals surface area contributed by atoms with Crippen LogP contribution in [0.4, 0.5) is 11.4 Å². The Kier molecular flexibility index (Phi) is 9.57. The van der Waals surface area contributed by atoms with Crippen molar-refractivity contribution >= 4 is 50.2 Å². The van der Waals surface area contributed by atoms with Crippen LogP contribution in [0.3, 0.4) is 0 Å². The maximum atomic E-state index is 13.5. The van der Waals surface area contributed by atoms with Crippen molar-refractivity contribution in [2.24, 2.45) is 11.8 Å². The predicted octanol–water partition coefficient (Wildman–Crippen LogP) is 4.98. The van der Waals surface area contributed by atoms with Crippen LogP contribution in [-0.4, -0.2) is 39.7 Å². The number of halogens is 1. The van der Waals surface area contributed by atoms with E-state index in [0.29, 0.717) is 11.4 Å². The first-order valence-corrected chi connectivity index (χ1v) is 13.3. The number of aliphatic hydroxyl groups is 1. The van der Waals surface area contributed by atoms with E-state index >= 15 is 0 Å². The van der Waals surface area contributed by atoms with E-state index in [4.69, 9.17) is 4.74 Å². The molecule has 2 rings (SSSR count). The number of carbonyl (C=O) groups excluding carboxylic acids is 1. The van der Waals surface area contributed by atoms with Gasteiger partial charge in [0, 0.05) is 13.1 Å². The number of rotatable bonds is 10. The molecule has 0 fully saturated rings. The number of anilines is 2. The molecular formula is C24H33IN2O5S. The molecule has 0 bridgehead atoms. The number of ether oxygens (including phenoxy) is 1. The summed E-state index contributed by atoms with van der Waals surface area (Å²) in [5, 5.41) is 9.61. The number of carbonyl (C=O) groups is 1. The fourth-order valence-corrected chi connectivity index (χ4v) is 5.27. The van der Waals surface area contributed by atoms with Crippen molar-refractivity contribution in [2.45, 2.75) is 45.4 Å². The Balaban J connectivity index is 2.48. The van der Waals surface area contributed by atoms with Crippen LogP contribution >= 0.6 is 22.9 Å². The minimum absolute atomic E-state index is 0.0189. The summed E-state index contributed by atoms with van der Waals surface area (Å²) in [5.41, 5.74) is 2.07. The van der Waals surface area contributed by atoms with Crippen LogP contribution in [0.1, 0.15) is 46.1 Å². The van der Waals surface area contributed by atoms with Crippen LogP contribution in [0.5, 0.6) is 5.75 Å². The molecule has 0 saturated heterocycles. The average Bonchev–Trinajstić information content (AvgIpc) is 2.78. The van der Waals surface area contributed by atoms with Crippen LogP contribution in [0.15, 0.2) is 47.4 Å². The Morgan fingerprint density at radius 2 is 1.76 bits per heavy atom. The highest BCUT2D eigenvalue weighted by molar-refractivity contribution is 14.1. The second-order valence-corrected chi connectivity index (χ2v) is 11.3. The number of benzene rings is 2. The van der Waals surface area contributed by atoms with Gasteiger partial charge in [-0.2, -0.15) is 0 Å². The third kappa shape index (κ3) is 6.19. The van der Waals surface area contributed by atoms with E-state index in [2.05, 4.69) is 13.8 Å². The molecule has 0 spiro atoms. The molecule has 1 atom stereocenters. The Morgan fingerprint density at radius 1 is 1.09 bits per heavy atom. The topological polar surface area (TPSA) is 87.1 Å². The number of aliphatic hydroxyl groups excluding tert-OH is 1. The second-order valence-electron chi connectivity index (χ2n) is 8.44. The minimum Gasteiger partial charge on any atom is -0.492 e. The lowest BCUT2D eigenvalue weighted by Crippen LogP contribution is -2.34. The largest absolute Gasteiger partial charge is 0.492 e. The smallest absolute Gasteiger partial charge is 0.267 e. The van der Waals surface area contributed by atoms with Gasteiger partial charge < -0.3 is 9.84 Å². The molecule has 182 valence electrons. The number of hydrogen-bond acceptors (Lipinski definition) is 5. The van der Waals surface area contributed by atoms with Crippen LogP contribution in [0, 0.1) is 11.8 Å². The molecule has 2 aromatic rings. The molecule has 9 heteroatoms. The summed E-state index contributed by atoms with van der Waals surface area (Å²) in [4.78, 5) is 12.9. The maximum absolute atomic E-state index is 13.5. The Bertz CT molecular complexity index is 1070. The Labute approximate surface area is 211 Å². The normalized spacial score (nSPS) is 12.7. The number of sulfonamides is 1. The summed E-state index contributed by atoms with van der Waals surface area (Å²) in [6.45, 7) is 9.62. The molecule has 0 radical (unpaired) electrons. The predicted molar refractivity (Wildman–Crippen MR) is 141 cm³/mol. The van der Waals surface area contributed by atoms with E-state index in [0.717, 1.165) is 5.56 Å². The first-order chi connectivity index (χ1) is 15.4. The van der Waals surface area contributed by atoms with Gasteiger partial charge in [-0.25, -0.2) is 8.42 Å². The van der Waals surface area contributed by atoms with Gasteiger partial charge >= 0.3 is 0 Å². The molecule has 0 aliphatic carbocycles. The summed E-state index contributed by atoms with van der Waals surface area (Å²) in [6, 6.07) is 12.0. The van der Waals surface area contributed by atoms with Crippen molar-refractivity contribution in [2.75, 3.05) is 27.7 Å². The Hall–Kier alpha value is -1.85. The van der Waals surface area contributed by atoms with Gasteiger partial charge in [-0.15, -0.1) is 0 Å². The van der Waals surface area contributed by atoms with Crippen molar-refractivity contribution in [1.82, 2.24) is 0 Å². The van der Waals surface area contributed by atoms with Crippen molar-refractivity contribution in [1.29, 1.82) is 0 Å². The molecule has 0 aromatic heterocycles. The van der Waals surface area contributed by atoms with Gasteiger partial charge in [-0.3, -0.25) is 12.2 Å². The van der Waals surface area contributed by atoms with Crippen molar-refractivity contribution < 1.29 is 23.1 Å². The van der Waals surface area contributed by atoms with Crippen molar-refractivity contribution in [3.05, 3.63) is 48.0 Å². The summed E-state index contributed by atoms with van der Waals surface area (Å²) >= 11 is 1.87. The fourth-order valence-electron chi connectivity index (χ4n) is 3.31. The van der Waals surface area contributed by atoms with Gasteiger partial charge in [0.2, 0.25) is 5.91 Å². The summed E-state index contributed by atoms with van der Waals surface area (Å²) in [7, 11) is -2.41. The minimum atomic E-state index is -3.92. The zero-order valence-corrected chi connectivity index (χ0v) is 22.9. The van der Waals surface area contributed by atoms with Gasteiger partial charge in [0.1, 0.15) is 10.6 Å². The van der Waals surface area contributed by atoms with Crippen LogP contribution in [0.2, 0.25) is 0 Å². The van der Waals surface area contributed by atoms with Gasteiger partial charge in [0.25, 0.3) is 10.0 Å². The lowest BCUT2D eigenvalue weighted by atomic mass is 9.96. The summed E-state index contributed by atoms with van der Waals surface area (Å²) in [6.07, 6.45) is 0. The van der Waals surface area contributed by atoms with Crippen molar-refractivity contribution in [3.63, 3.8) is 0 Å². The van der Waals surface area contributed by atoms with E-state index in [1.165, 1.54) is 20.5 Å². The number of nitrogens with zero attached hydrogens (tertiary/aromatic N) is 2. The van der Waals surface area contributed by atoms with Gasteiger partial charge in [0.05, 0.1) is 53.4 Å². The number of hydrogen-bond donors (Lipinski definition) is 1. The fraction of sp³-hybridized carbons (Fsp3) is 0.458. The van der Waals surface area contributed by atoms with Crippen LogP contribution in [0.25, 0.3) is 0 Å². The SMILES string of the molecule is CCOc1cc(N(I)C(=O)[C@@H](CO)C(C)C)ccc1S(=O)(=O)N(C)c1cccc(C(C)C)c1. The maximum Gasteiger partial charge on any atom is 0.267 e. The number of amides is 1. The van der Waals surface area contributed by atoms with Crippen molar-refractivity contribution in [3.8, 4) is 5.75 Å². The Morgan fingerprint density at radius 3 is 2.30 bits per heavy atom. The molecule has 7 nitrogen and oxygen atoms in total. The standard InChI is InChI=1S/C24H33IN2O5S/c1-7-32-22-14-20(27(25)24(29)21(15-28)17(4)5)11-12-23(22)33(30,31)26(6)19-10-8-9-18(13-19)16(2)3/h8-14,16-17,21,28H,7,15H2,1-6H3/t21-/m0/s1. The molecule has 0 saturated carbocycles. The van der Waals surface area contributed by atoms with Crippen LogP contribution < -0.4 is 12.2 Å². The van der Waals surface area contributed by atoms with E-state index in [-0.39, 0.29) is 41.6 Å². The van der Waals surface area contributed by atoms with Gasteiger partial charge in [0.15, 0.2) is 0 Å². The quantitative estimate of drug-likeness (QED) is 0.313. The monoisotopic (exact) mass is 588 g/mol.